The Morgan fingerprint density at radius 3 is 1.82 bits per heavy atom. The summed E-state index contributed by atoms with van der Waals surface area (Å²) in [6.45, 7) is 0. The second-order valence-electron chi connectivity index (χ2n) is 8.78. The molecule has 0 bridgehead atoms. The van der Waals surface area contributed by atoms with Crippen LogP contribution >= 0.6 is 0 Å². The van der Waals surface area contributed by atoms with Crippen LogP contribution in [0.3, 0.4) is 0 Å². The Kier molecular flexibility index (Phi) is 8.60. The molecule has 5 nitrogen and oxygen atoms in total. The van der Waals surface area contributed by atoms with Gasteiger partial charge in [-0.05, 0) is 60.9 Å². The molecule has 39 heavy (non-hydrogen) atoms. The number of Topliss-reactive ketones (excluding diaryl/α,β-unsaturated/α-hetero) is 1. The van der Waals surface area contributed by atoms with Crippen LogP contribution in [0.5, 0.6) is 0 Å². The average molecular weight is 572 g/mol. The van der Waals surface area contributed by atoms with E-state index < -0.39 is 65.3 Å². The molecule has 0 fully saturated rings. The van der Waals surface area contributed by atoms with Crippen LogP contribution < -0.4 is 10.6 Å². The van der Waals surface area contributed by atoms with Gasteiger partial charge in [-0.1, -0.05) is 0 Å². The number of carbonyl (C=O) groups excluding carboxylic acids is 3. The molecule has 0 aromatic heterocycles. The van der Waals surface area contributed by atoms with Gasteiger partial charge in [0.25, 0.3) is 0 Å². The minimum Gasteiger partial charge on any atom is -0.345 e. The molecule has 2 aliphatic carbocycles. The van der Waals surface area contributed by atoms with E-state index in [9.17, 15) is 58.3 Å². The van der Waals surface area contributed by atoms with Crippen LogP contribution in [-0.2, 0) is 28.9 Å². The quantitative estimate of drug-likeness (QED) is 0.516. The van der Waals surface area contributed by atoms with Crippen LogP contribution in [0.15, 0.2) is 24.3 Å². The van der Waals surface area contributed by atoms with Crippen molar-refractivity contribution < 1.29 is 58.3 Å². The normalized spacial score (nSPS) is 18.8. The van der Waals surface area contributed by atoms with Gasteiger partial charge in [0.15, 0.2) is 5.78 Å². The molecule has 0 saturated heterocycles. The molecule has 2 atom stereocenters. The van der Waals surface area contributed by atoms with E-state index in [2.05, 4.69) is 0 Å². The van der Waals surface area contributed by atoms with Crippen molar-refractivity contribution in [1.82, 2.24) is 10.6 Å². The van der Waals surface area contributed by atoms with Gasteiger partial charge < -0.3 is 10.6 Å². The molecule has 4 rings (SSSR count). The predicted octanol–water partition coefficient (Wildman–Crippen LogP) is 4.64. The third kappa shape index (κ3) is 7.26. The van der Waals surface area contributed by atoms with Gasteiger partial charge in [0, 0.05) is 23.7 Å². The number of fused-ring (bicyclic) bond motifs is 2. The number of amides is 2. The number of alkyl halides is 6. The molecule has 0 aliphatic heterocycles. The van der Waals surface area contributed by atoms with Crippen molar-refractivity contribution in [2.45, 2.75) is 56.5 Å². The number of hydrogen-bond acceptors (Lipinski definition) is 3. The summed E-state index contributed by atoms with van der Waals surface area (Å²) < 4.78 is 126. The first kappa shape index (κ1) is 29.9. The highest BCUT2D eigenvalue weighted by Crippen LogP contribution is 2.27. The topological polar surface area (TPSA) is 75.3 Å². The number of ketones is 1. The second kappa shape index (κ2) is 11.2. The van der Waals surface area contributed by atoms with Gasteiger partial charge in [-0.3, -0.25) is 14.4 Å². The van der Waals surface area contributed by atoms with E-state index in [0.717, 1.165) is 18.2 Å². The molecule has 212 valence electrons. The summed E-state index contributed by atoms with van der Waals surface area (Å²) in [6, 6.07) is 0.992. The summed E-state index contributed by atoms with van der Waals surface area (Å²) in [6.07, 6.45) is -9.94. The Balaban J connectivity index is 0.000000216. The lowest BCUT2D eigenvalue weighted by Crippen LogP contribution is -2.48. The molecule has 15 heteroatoms. The number of carbonyl (C=O) groups is 3. The third-order valence-electron chi connectivity index (χ3n) is 6.04. The van der Waals surface area contributed by atoms with E-state index >= 15 is 0 Å². The molecule has 2 amide bonds. The fourth-order valence-electron chi connectivity index (χ4n) is 4.26. The first-order valence-corrected chi connectivity index (χ1v) is 11.2. The number of benzene rings is 2. The zero-order chi connectivity index (χ0) is 29.3. The Labute approximate surface area is 213 Å². The summed E-state index contributed by atoms with van der Waals surface area (Å²) in [7, 11) is 0. The summed E-state index contributed by atoms with van der Waals surface area (Å²) in [5, 5.41) is 3.36. The smallest absolute Gasteiger partial charge is 0.345 e. The first-order chi connectivity index (χ1) is 18.0. The van der Waals surface area contributed by atoms with Crippen LogP contribution in [0.25, 0.3) is 0 Å². The maximum Gasteiger partial charge on any atom is 0.471 e. The van der Waals surface area contributed by atoms with Crippen molar-refractivity contribution in [2.24, 2.45) is 0 Å². The van der Waals surface area contributed by atoms with Gasteiger partial charge in [0.1, 0.15) is 23.3 Å². The minimum absolute atomic E-state index is 0.00810. The maximum atomic E-state index is 13.4. The molecule has 0 saturated carbocycles. The van der Waals surface area contributed by atoms with Crippen LogP contribution in [-0.4, -0.2) is 42.0 Å². The van der Waals surface area contributed by atoms with E-state index in [0.29, 0.717) is 17.2 Å². The largest absolute Gasteiger partial charge is 0.471 e. The highest BCUT2D eigenvalue weighted by atomic mass is 19.4. The van der Waals surface area contributed by atoms with Crippen molar-refractivity contribution in [1.29, 1.82) is 0 Å². The molecule has 2 aliphatic rings. The Morgan fingerprint density at radius 2 is 1.23 bits per heavy atom. The molecular weight excluding hydrogens is 554 g/mol. The predicted molar refractivity (Wildman–Crippen MR) is 113 cm³/mol. The van der Waals surface area contributed by atoms with Crippen molar-refractivity contribution in [3.63, 3.8) is 0 Å². The number of rotatable bonds is 2. The molecule has 0 heterocycles. The summed E-state index contributed by atoms with van der Waals surface area (Å²) in [5.74, 6) is -8.61. The molecule has 0 radical (unpaired) electrons. The van der Waals surface area contributed by atoms with Crippen LogP contribution in [0, 0.1) is 23.3 Å². The van der Waals surface area contributed by atoms with Gasteiger partial charge in [0.05, 0.1) is 6.04 Å². The first-order valence-electron chi connectivity index (χ1n) is 11.2. The number of halogens is 10. The summed E-state index contributed by atoms with van der Waals surface area (Å²) >= 11 is 0. The highest BCUT2D eigenvalue weighted by molar-refractivity contribution is 6.04. The molecule has 2 N–H and O–H groups in total. The van der Waals surface area contributed by atoms with Gasteiger partial charge in [0.2, 0.25) is 0 Å². The lowest BCUT2D eigenvalue weighted by atomic mass is 9.86. The molecule has 0 unspecified atom stereocenters. The molecule has 2 aromatic rings. The highest BCUT2D eigenvalue weighted by Gasteiger charge is 2.42. The van der Waals surface area contributed by atoms with Gasteiger partial charge in [-0.2, -0.15) is 26.3 Å². The van der Waals surface area contributed by atoms with Crippen LogP contribution in [0.1, 0.15) is 39.9 Å². The molecule has 0 spiro atoms. The van der Waals surface area contributed by atoms with Gasteiger partial charge in [-0.15, -0.1) is 0 Å². The lowest BCUT2D eigenvalue weighted by molar-refractivity contribution is -0.174. The molecular formula is C24H18F10N2O3. The lowest BCUT2D eigenvalue weighted by Gasteiger charge is -2.26. The van der Waals surface area contributed by atoms with E-state index in [-0.39, 0.29) is 43.2 Å². The summed E-state index contributed by atoms with van der Waals surface area (Å²) in [5.41, 5.74) is 0.227. The SMILES string of the molecule is O=C(N[C@H]1CCc2c(F)cc(F)cc2C1)C(F)(F)F.O=C1c2cc(F)cc(F)c2CC[C@@H]1NC(=O)C(F)(F)F. The average Bonchev–Trinajstić information content (AvgIpc) is 2.80. The van der Waals surface area contributed by atoms with Crippen LogP contribution in [0.4, 0.5) is 43.9 Å². The zero-order valence-electron chi connectivity index (χ0n) is 19.5. The van der Waals surface area contributed by atoms with Crippen molar-refractivity contribution in [3.8, 4) is 0 Å². The fourth-order valence-corrected chi connectivity index (χ4v) is 4.26. The third-order valence-corrected chi connectivity index (χ3v) is 6.04. The van der Waals surface area contributed by atoms with E-state index in [4.69, 9.17) is 0 Å². The van der Waals surface area contributed by atoms with Gasteiger partial charge >= 0.3 is 24.2 Å². The summed E-state index contributed by atoms with van der Waals surface area (Å²) in [4.78, 5) is 33.5. The van der Waals surface area contributed by atoms with Crippen molar-refractivity contribution >= 4 is 17.6 Å². The van der Waals surface area contributed by atoms with E-state index in [1.165, 1.54) is 5.32 Å². The van der Waals surface area contributed by atoms with Gasteiger partial charge in [-0.25, -0.2) is 17.6 Å². The van der Waals surface area contributed by atoms with Crippen molar-refractivity contribution in [3.05, 3.63) is 69.8 Å². The Hall–Kier alpha value is -3.65. The monoisotopic (exact) mass is 572 g/mol. The van der Waals surface area contributed by atoms with Crippen molar-refractivity contribution in [2.75, 3.05) is 0 Å². The Morgan fingerprint density at radius 1 is 0.718 bits per heavy atom. The minimum atomic E-state index is -5.12. The zero-order valence-corrected chi connectivity index (χ0v) is 19.5. The standard InChI is InChI=1S/C12H8F5NO2.C12H10F5NO/c13-5-3-7-6(8(14)4-5)1-2-9(10(7)19)18-11(20)12(15,16)17;13-7-3-6-4-8(18-11(19)12(15,16)17)1-2-9(6)10(14)5-7/h3-4,9H,1-2H2,(H,18,20);3,5,8H,1-2,4H2,(H,18,19)/t9-;8-/m00/s1. The second-order valence-corrected chi connectivity index (χ2v) is 8.78. The van der Waals surface area contributed by atoms with Crippen LogP contribution in [0.2, 0.25) is 0 Å². The Bertz CT molecular complexity index is 1290. The molecule has 2 aromatic carbocycles. The fraction of sp³-hybridized carbons (Fsp3) is 0.375. The number of hydrogen-bond donors (Lipinski definition) is 2. The van der Waals surface area contributed by atoms with E-state index in [1.807, 2.05) is 5.32 Å². The number of nitrogens with one attached hydrogen (secondary N) is 2. The van der Waals surface area contributed by atoms with E-state index in [1.54, 1.807) is 0 Å². The maximum absolute atomic E-state index is 13.4.